The van der Waals surface area contributed by atoms with Crippen LogP contribution in [0.2, 0.25) is 0 Å². The lowest BCUT2D eigenvalue weighted by Gasteiger charge is -2.18. The fourth-order valence-corrected chi connectivity index (χ4v) is 4.08. The van der Waals surface area contributed by atoms with Crippen molar-refractivity contribution in [1.29, 1.82) is 0 Å². The molecule has 0 aromatic heterocycles. The predicted molar refractivity (Wildman–Crippen MR) is 101 cm³/mol. The van der Waals surface area contributed by atoms with E-state index in [0.717, 1.165) is 17.5 Å². The fraction of sp³-hybridized carbons (Fsp3) is 0.200. The maximum absolute atomic E-state index is 12.9. The van der Waals surface area contributed by atoms with Crippen molar-refractivity contribution in [2.24, 2.45) is 5.14 Å². The number of fused-ring (bicyclic) bond motifs is 1. The summed E-state index contributed by atoms with van der Waals surface area (Å²) in [7, 11) is -4.11. The van der Waals surface area contributed by atoms with Crippen LogP contribution in [0, 0.1) is 0 Å². The van der Waals surface area contributed by atoms with Gasteiger partial charge in [-0.05, 0) is 30.2 Å². The molecule has 6 nitrogen and oxygen atoms in total. The Bertz CT molecular complexity index is 1070. The zero-order valence-corrected chi connectivity index (χ0v) is 15.8. The van der Waals surface area contributed by atoms with Crippen LogP contribution in [-0.2, 0) is 22.9 Å². The second-order valence-electron chi connectivity index (χ2n) is 6.84. The van der Waals surface area contributed by atoms with Gasteiger partial charge in [-0.2, -0.15) is 0 Å². The van der Waals surface area contributed by atoms with E-state index in [9.17, 15) is 18.0 Å². The van der Waals surface area contributed by atoms with Crippen LogP contribution in [0.15, 0.2) is 59.0 Å². The zero-order chi connectivity index (χ0) is 19.8. The number of carbonyl (C=O) groups excluding carboxylic acids is 2. The van der Waals surface area contributed by atoms with Gasteiger partial charge >= 0.3 is 0 Å². The fourth-order valence-electron chi connectivity index (χ4n) is 3.32. The highest BCUT2D eigenvalue weighted by atomic mass is 32.2. The van der Waals surface area contributed by atoms with Crippen molar-refractivity contribution in [2.45, 2.75) is 30.7 Å². The van der Waals surface area contributed by atoms with Crippen LogP contribution in [0.5, 0.6) is 0 Å². The summed E-state index contributed by atoms with van der Waals surface area (Å²) < 4.78 is 23.5. The number of hydrogen-bond acceptors (Lipinski definition) is 4. The number of sulfonamides is 1. The molecule has 0 spiro atoms. The van der Waals surface area contributed by atoms with Gasteiger partial charge in [-0.15, -0.1) is 0 Å². The first-order chi connectivity index (χ1) is 12.7. The molecular weight excluding hydrogens is 364 g/mol. The van der Waals surface area contributed by atoms with E-state index >= 15 is 0 Å². The molecule has 0 radical (unpaired) electrons. The Balaban J connectivity index is 2.02. The van der Waals surface area contributed by atoms with E-state index in [0.29, 0.717) is 12.0 Å². The predicted octanol–water partition coefficient (Wildman–Crippen LogP) is 1.05. The van der Waals surface area contributed by atoms with Crippen molar-refractivity contribution in [2.75, 3.05) is 0 Å². The Morgan fingerprint density at radius 2 is 1.70 bits per heavy atom. The van der Waals surface area contributed by atoms with Crippen LogP contribution in [0.25, 0.3) is 0 Å². The molecule has 0 saturated heterocycles. The summed E-state index contributed by atoms with van der Waals surface area (Å²) in [5.74, 6) is -0.875. The summed E-state index contributed by atoms with van der Waals surface area (Å²) in [5.41, 5.74) is 6.30. The van der Waals surface area contributed by atoms with Crippen LogP contribution in [-0.4, -0.2) is 26.0 Å². The maximum Gasteiger partial charge on any atom is 0.238 e. The summed E-state index contributed by atoms with van der Waals surface area (Å²) >= 11 is 0. The van der Waals surface area contributed by atoms with E-state index in [1.165, 1.54) is 24.3 Å². The molecule has 140 valence electrons. The van der Waals surface area contributed by atoms with E-state index in [2.05, 4.69) is 5.73 Å². The molecule has 27 heavy (non-hydrogen) atoms. The summed E-state index contributed by atoms with van der Waals surface area (Å²) in [4.78, 5) is 25.2. The van der Waals surface area contributed by atoms with Crippen LogP contribution in [0.1, 0.15) is 38.8 Å². The normalized spacial score (nSPS) is 15.3. The molecule has 0 heterocycles. The van der Waals surface area contributed by atoms with Crippen LogP contribution >= 0.6 is 0 Å². The average Bonchev–Trinajstić information content (AvgIpc) is 2.59. The lowest BCUT2D eigenvalue weighted by atomic mass is 9.85. The van der Waals surface area contributed by atoms with Gasteiger partial charge in [-0.3, -0.25) is 9.59 Å². The standard InChI is InChI=1S/C20H20N2O4S/c1-12(21)9-13-5-2-3-6-14(13)10-15-11-17(23)19-16(20(15)24)7-4-8-18(19)27(22,25)26/h2-8,11-12H,9-10,21H2,1H3,(H2,22,25,26)/p+1/t12-/m1/s1. The molecule has 2 aromatic carbocycles. The van der Waals surface area contributed by atoms with Crippen molar-refractivity contribution in [1.82, 2.24) is 0 Å². The number of hydrogen-bond donors (Lipinski definition) is 2. The first-order valence-corrected chi connectivity index (χ1v) is 10.1. The van der Waals surface area contributed by atoms with Crippen molar-refractivity contribution < 1.29 is 23.7 Å². The molecule has 1 aliphatic carbocycles. The molecule has 7 heteroatoms. The van der Waals surface area contributed by atoms with E-state index in [1.54, 1.807) is 0 Å². The SMILES string of the molecule is C[C@@H]([NH3+])Cc1ccccc1CC1=CC(=O)c2c(cccc2S(N)(=O)=O)C1=O. The highest BCUT2D eigenvalue weighted by Gasteiger charge is 2.30. The third kappa shape index (κ3) is 3.90. The third-order valence-corrected chi connectivity index (χ3v) is 5.44. The summed E-state index contributed by atoms with van der Waals surface area (Å²) in [6.45, 7) is 2.01. The summed E-state index contributed by atoms with van der Waals surface area (Å²) in [6.07, 6.45) is 2.29. The van der Waals surface area contributed by atoms with E-state index in [4.69, 9.17) is 5.14 Å². The van der Waals surface area contributed by atoms with Crippen molar-refractivity contribution in [3.63, 3.8) is 0 Å². The number of ketones is 2. The van der Waals surface area contributed by atoms with Crippen molar-refractivity contribution in [3.05, 3.63) is 76.4 Å². The molecule has 0 bridgehead atoms. The molecule has 0 unspecified atom stereocenters. The Labute approximate surface area is 157 Å². The number of primary sulfonamides is 1. The Morgan fingerprint density at radius 3 is 2.33 bits per heavy atom. The molecule has 5 N–H and O–H groups in total. The van der Waals surface area contributed by atoms with Gasteiger partial charge in [0, 0.05) is 24.0 Å². The minimum absolute atomic E-state index is 0.0760. The monoisotopic (exact) mass is 385 g/mol. The second kappa shape index (κ2) is 7.19. The minimum Gasteiger partial charge on any atom is -0.355 e. The topological polar surface area (TPSA) is 122 Å². The van der Waals surface area contributed by atoms with Gasteiger partial charge < -0.3 is 5.73 Å². The van der Waals surface area contributed by atoms with Crippen LogP contribution in [0.4, 0.5) is 0 Å². The number of nitrogens with two attached hydrogens (primary N) is 1. The van der Waals surface area contributed by atoms with Crippen LogP contribution < -0.4 is 10.9 Å². The minimum atomic E-state index is -4.11. The molecule has 2 aromatic rings. The van der Waals surface area contributed by atoms with Gasteiger partial charge in [0.05, 0.1) is 16.5 Å². The van der Waals surface area contributed by atoms with Gasteiger partial charge in [-0.1, -0.05) is 36.4 Å². The number of allylic oxidation sites excluding steroid dienone is 2. The molecule has 1 atom stereocenters. The lowest BCUT2D eigenvalue weighted by Crippen LogP contribution is -2.60. The maximum atomic E-state index is 12.9. The number of rotatable bonds is 5. The van der Waals surface area contributed by atoms with Gasteiger partial charge in [0.1, 0.15) is 0 Å². The third-order valence-electron chi connectivity index (χ3n) is 4.49. The highest BCUT2D eigenvalue weighted by Crippen LogP contribution is 2.29. The number of carbonyl (C=O) groups is 2. The van der Waals surface area contributed by atoms with Crippen molar-refractivity contribution in [3.8, 4) is 0 Å². The first kappa shape index (κ1) is 19.2. The Kier molecular flexibility index (Phi) is 5.10. The molecule has 0 fully saturated rings. The summed E-state index contributed by atoms with van der Waals surface area (Å²) in [5, 5.41) is 5.19. The van der Waals surface area contributed by atoms with Crippen molar-refractivity contribution >= 4 is 21.6 Å². The second-order valence-corrected chi connectivity index (χ2v) is 8.37. The van der Waals surface area contributed by atoms with E-state index in [1.807, 2.05) is 31.2 Å². The zero-order valence-electron chi connectivity index (χ0n) is 14.9. The Morgan fingerprint density at radius 1 is 1.04 bits per heavy atom. The largest absolute Gasteiger partial charge is 0.355 e. The van der Waals surface area contributed by atoms with Gasteiger partial charge in [0.25, 0.3) is 0 Å². The van der Waals surface area contributed by atoms with Gasteiger partial charge in [0.2, 0.25) is 10.0 Å². The molecule has 1 aliphatic rings. The molecular formula is C20H21N2O4S+. The van der Waals surface area contributed by atoms with Gasteiger partial charge in [0.15, 0.2) is 11.6 Å². The smallest absolute Gasteiger partial charge is 0.238 e. The molecule has 0 amide bonds. The Hall–Kier alpha value is -2.61. The number of quaternary nitrogens is 1. The number of Topliss-reactive ketones (excluding diaryl/α,β-unsaturated/α-hetero) is 1. The molecule has 0 saturated carbocycles. The molecule has 0 aliphatic heterocycles. The number of benzene rings is 2. The molecule has 3 rings (SSSR count). The van der Waals surface area contributed by atoms with E-state index < -0.39 is 15.8 Å². The average molecular weight is 385 g/mol. The van der Waals surface area contributed by atoms with E-state index in [-0.39, 0.29) is 27.8 Å². The van der Waals surface area contributed by atoms with Crippen LogP contribution in [0.3, 0.4) is 0 Å². The summed E-state index contributed by atoms with van der Waals surface area (Å²) in [6, 6.07) is 12.1. The lowest BCUT2D eigenvalue weighted by molar-refractivity contribution is -0.413. The highest BCUT2D eigenvalue weighted by molar-refractivity contribution is 7.89. The van der Waals surface area contributed by atoms with Gasteiger partial charge in [-0.25, -0.2) is 13.6 Å². The first-order valence-electron chi connectivity index (χ1n) is 8.53. The quantitative estimate of drug-likeness (QED) is 0.799.